The fourth-order valence-electron chi connectivity index (χ4n) is 3.53. The fraction of sp³-hybridized carbons (Fsp3) is 0.121. The predicted molar refractivity (Wildman–Crippen MR) is 149 cm³/mol. The van der Waals surface area contributed by atoms with Crippen LogP contribution in [0.2, 0.25) is 0 Å². The summed E-state index contributed by atoms with van der Waals surface area (Å²) in [4.78, 5) is 10.4. The van der Waals surface area contributed by atoms with E-state index in [2.05, 4.69) is 86.7 Å². The Balaban J connectivity index is 0.000000196. The van der Waals surface area contributed by atoms with Crippen LogP contribution in [0, 0.1) is 13.8 Å². The van der Waals surface area contributed by atoms with Gasteiger partial charge in [0.05, 0.1) is 6.61 Å². The Labute approximate surface area is 208 Å². The molecule has 4 aromatic rings. The number of benzene rings is 4. The van der Waals surface area contributed by atoms with E-state index in [0.29, 0.717) is 6.42 Å². The van der Waals surface area contributed by atoms with E-state index in [0.717, 1.165) is 28.5 Å². The minimum absolute atomic E-state index is 0.0991. The van der Waals surface area contributed by atoms with Crippen LogP contribution in [0.25, 0.3) is 24.3 Å². The lowest BCUT2D eigenvalue weighted by atomic mass is 10.1. The highest BCUT2D eigenvalue weighted by Crippen LogP contribution is 2.12. The second kappa shape index (κ2) is 13.6. The highest BCUT2D eigenvalue weighted by Gasteiger charge is 1.93. The molecule has 0 saturated heterocycles. The summed E-state index contributed by atoms with van der Waals surface area (Å²) in [6.45, 7) is 4.28. The average molecular weight is 461 g/mol. The zero-order valence-electron chi connectivity index (χ0n) is 20.4. The fourth-order valence-corrected chi connectivity index (χ4v) is 3.53. The molecule has 4 aromatic carbocycles. The van der Waals surface area contributed by atoms with Crippen molar-refractivity contribution in [3.63, 3.8) is 0 Å². The van der Waals surface area contributed by atoms with Gasteiger partial charge in [0.25, 0.3) is 0 Å². The molecule has 0 saturated carbocycles. The van der Waals surface area contributed by atoms with Gasteiger partial charge in [0.1, 0.15) is 6.29 Å². The molecule has 0 amide bonds. The average Bonchev–Trinajstić information content (AvgIpc) is 2.88. The lowest BCUT2D eigenvalue weighted by Gasteiger charge is -1.98. The molecule has 0 fully saturated rings. The van der Waals surface area contributed by atoms with Crippen molar-refractivity contribution >= 4 is 30.6 Å². The summed E-state index contributed by atoms with van der Waals surface area (Å²) in [7, 11) is 0. The molecule has 0 bridgehead atoms. The van der Waals surface area contributed by atoms with Gasteiger partial charge in [-0.25, -0.2) is 0 Å². The van der Waals surface area contributed by atoms with Crippen LogP contribution < -0.4 is 0 Å². The van der Waals surface area contributed by atoms with E-state index < -0.39 is 0 Å². The molecule has 0 atom stereocenters. The van der Waals surface area contributed by atoms with E-state index in [-0.39, 0.29) is 6.61 Å². The Morgan fingerprint density at radius 1 is 0.571 bits per heavy atom. The minimum Gasteiger partial charge on any atom is -0.392 e. The van der Waals surface area contributed by atoms with E-state index in [9.17, 15) is 4.79 Å². The van der Waals surface area contributed by atoms with Gasteiger partial charge in [-0.15, -0.1) is 0 Å². The number of rotatable bonds is 7. The van der Waals surface area contributed by atoms with Crippen molar-refractivity contribution in [3.05, 3.63) is 142 Å². The van der Waals surface area contributed by atoms with Crippen molar-refractivity contribution in [1.82, 2.24) is 0 Å². The number of aliphatic hydroxyl groups excluding tert-OH is 1. The third kappa shape index (κ3) is 9.04. The first-order valence-electron chi connectivity index (χ1n) is 11.8. The quantitative estimate of drug-likeness (QED) is 0.228. The number of aryl methyl sites for hydroxylation is 2. The van der Waals surface area contributed by atoms with Gasteiger partial charge in [0.15, 0.2) is 0 Å². The van der Waals surface area contributed by atoms with Crippen LogP contribution in [0.3, 0.4) is 0 Å². The highest BCUT2D eigenvalue weighted by molar-refractivity contribution is 5.71. The van der Waals surface area contributed by atoms with E-state index in [4.69, 9.17) is 5.11 Å². The maximum absolute atomic E-state index is 10.4. The second-order valence-electron chi connectivity index (χ2n) is 8.51. The van der Waals surface area contributed by atoms with Gasteiger partial charge in [-0.3, -0.25) is 0 Å². The largest absolute Gasteiger partial charge is 0.392 e. The third-order valence-electron chi connectivity index (χ3n) is 5.48. The molecule has 4 rings (SSSR count). The molecule has 0 aromatic heterocycles. The summed E-state index contributed by atoms with van der Waals surface area (Å²) < 4.78 is 0. The van der Waals surface area contributed by atoms with Crippen molar-refractivity contribution in [2.24, 2.45) is 0 Å². The first-order valence-corrected chi connectivity index (χ1v) is 11.8. The summed E-state index contributed by atoms with van der Waals surface area (Å²) in [6, 6.07) is 32.7. The molecule has 0 unspecified atom stereocenters. The topological polar surface area (TPSA) is 37.3 Å². The summed E-state index contributed by atoms with van der Waals surface area (Å²) >= 11 is 0. The van der Waals surface area contributed by atoms with Crippen LogP contribution in [-0.2, 0) is 17.8 Å². The Morgan fingerprint density at radius 3 is 1.40 bits per heavy atom. The number of carbonyl (C=O) groups is 1. The number of carbonyl (C=O) groups excluding carboxylic acids is 1. The number of aldehydes is 1. The molecule has 35 heavy (non-hydrogen) atoms. The van der Waals surface area contributed by atoms with Gasteiger partial charge >= 0.3 is 0 Å². The molecular weight excluding hydrogens is 428 g/mol. The summed E-state index contributed by atoms with van der Waals surface area (Å²) in [5.74, 6) is 0. The number of hydrogen-bond donors (Lipinski definition) is 1. The predicted octanol–water partition coefficient (Wildman–Crippen LogP) is 7.56. The minimum atomic E-state index is 0.0991. The van der Waals surface area contributed by atoms with Gasteiger partial charge in [0.2, 0.25) is 0 Å². The second-order valence-corrected chi connectivity index (χ2v) is 8.51. The molecule has 2 nitrogen and oxygen atoms in total. The molecule has 176 valence electrons. The number of aliphatic hydroxyl groups is 1. The first-order chi connectivity index (χ1) is 17.1. The van der Waals surface area contributed by atoms with Crippen molar-refractivity contribution in [2.45, 2.75) is 26.9 Å². The normalized spacial score (nSPS) is 10.8. The molecular formula is C33H32O2. The third-order valence-corrected chi connectivity index (χ3v) is 5.48. The van der Waals surface area contributed by atoms with E-state index >= 15 is 0 Å². The SMILES string of the molecule is Cc1cccc(/C=C/c2ccc(CC=O)cc2)c1.Cc1cccc(/C=C/c2ccc(CO)cc2)c1. The Morgan fingerprint density at radius 2 is 1.00 bits per heavy atom. The summed E-state index contributed by atoms with van der Waals surface area (Å²) in [6.07, 6.45) is 9.78. The molecule has 0 aliphatic heterocycles. The molecule has 0 heterocycles. The van der Waals surface area contributed by atoms with Crippen LogP contribution in [0.1, 0.15) is 44.5 Å². The van der Waals surface area contributed by atoms with Crippen molar-refractivity contribution in [1.29, 1.82) is 0 Å². The van der Waals surface area contributed by atoms with Crippen molar-refractivity contribution in [2.75, 3.05) is 0 Å². The standard InChI is InChI=1S/C17H16O.C16H16O/c1-14-3-2-4-17(13-14)10-9-15-5-7-16(8-6-15)11-12-18;1-13-3-2-4-15(11-13)8-5-14-6-9-16(12-17)10-7-14/h2-10,12-13H,11H2,1H3;2-11,17H,12H2,1H3/b10-9+;8-5+. The molecule has 0 aliphatic carbocycles. The summed E-state index contributed by atoms with van der Waals surface area (Å²) in [5.41, 5.74) is 9.22. The lowest BCUT2D eigenvalue weighted by Crippen LogP contribution is -1.84. The van der Waals surface area contributed by atoms with Gasteiger partial charge in [-0.1, -0.05) is 132 Å². The van der Waals surface area contributed by atoms with Gasteiger partial charge in [0, 0.05) is 6.42 Å². The molecule has 0 aliphatic rings. The molecule has 0 radical (unpaired) electrons. The van der Waals surface area contributed by atoms with Crippen molar-refractivity contribution < 1.29 is 9.90 Å². The zero-order valence-corrected chi connectivity index (χ0v) is 20.4. The Kier molecular flexibility index (Phi) is 9.98. The van der Waals surface area contributed by atoms with Crippen LogP contribution in [-0.4, -0.2) is 11.4 Å². The smallest absolute Gasteiger partial charge is 0.124 e. The van der Waals surface area contributed by atoms with E-state index in [1.807, 2.05) is 48.5 Å². The lowest BCUT2D eigenvalue weighted by molar-refractivity contribution is -0.107. The van der Waals surface area contributed by atoms with Gasteiger partial charge in [-0.05, 0) is 47.2 Å². The van der Waals surface area contributed by atoms with Crippen LogP contribution in [0.4, 0.5) is 0 Å². The monoisotopic (exact) mass is 460 g/mol. The highest BCUT2D eigenvalue weighted by atomic mass is 16.3. The van der Waals surface area contributed by atoms with Crippen LogP contribution >= 0.6 is 0 Å². The molecule has 0 spiro atoms. The van der Waals surface area contributed by atoms with Gasteiger partial charge < -0.3 is 9.90 Å². The van der Waals surface area contributed by atoms with E-state index in [1.54, 1.807) is 0 Å². The maximum atomic E-state index is 10.4. The van der Waals surface area contributed by atoms with Crippen LogP contribution in [0.15, 0.2) is 97.1 Å². The number of hydrogen-bond acceptors (Lipinski definition) is 2. The molecule has 1 N–H and O–H groups in total. The Bertz CT molecular complexity index is 1260. The molecule has 2 heteroatoms. The van der Waals surface area contributed by atoms with Crippen LogP contribution in [0.5, 0.6) is 0 Å². The zero-order chi connectivity index (χ0) is 24.9. The van der Waals surface area contributed by atoms with Gasteiger partial charge in [-0.2, -0.15) is 0 Å². The first kappa shape index (κ1) is 25.6. The Hall–Kier alpha value is -4.01. The van der Waals surface area contributed by atoms with E-state index in [1.165, 1.54) is 22.3 Å². The maximum Gasteiger partial charge on any atom is 0.124 e. The van der Waals surface area contributed by atoms with Crippen molar-refractivity contribution in [3.8, 4) is 0 Å². The summed E-state index contributed by atoms with van der Waals surface area (Å²) in [5, 5.41) is 8.95.